The quantitative estimate of drug-likeness (QED) is 0.152. The Bertz CT molecular complexity index is 909. The fourth-order valence-electron chi connectivity index (χ4n) is 1.96. The van der Waals surface area contributed by atoms with Gasteiger partial charge in [0, 0.05) is 6.10 Å². The molecule has 0 aliphatic heterocycles. The fraction of sp³-hybridized carbons (Fsp3) is 0.520. The summed E-state index contributed by atoms with van der Waals surface area (Å²) < 4.78 is 27.7. The van der Waals surface area contributed by atoms with Crippen LogP contribution < -0.4 is 0 Å². The van der Waals surface area contributed by atoms with Gasteiger partial charge in [0.05, 0.1) is 13.2 Å². The molecule has 15 heteroatoms. The van der Waals surface area contributed by atoms with Gasteiger partial charge in [-0.2, -0.15) is 0 Å². The molecule has 2 rings (SSSR count). The molecular formula is C25H40O15. The van der Waals surface area contributed by atoms with E-state index in [1.54, 1.807) is 13.8 Å². The minimum Gasteiger partial charge on any atom is -0.457 e. The lowest BCUT2D eigenvalue weighted by atomic mass is 10.4. The summed E-state index contributed by atoms with van der Waals surface area (Å²) in [5.74, 6) is -4.18. The highest BCUT2D eigenvalue weighted by atomic mass is 16.6. The first-order valence-corrected chi connectivity index (χ1v) is 11.0. The average molecular weight is 581 g/mol. The van der Waals surface area contributed by atoms with E-state index in [2.05, 4.69) is 18.9 Å². The maximum atomic E-state index is 11.2. The van der Waals surface area contributed by atoms with Crippen LogP contribution in [0.15, 0.2) is 33.1 Å². The van der Waals surface area contributed by atoms with E-state index in [0.717, 1.165) is 0 Å². The summed E-state index contributed by atoms with van der Waals surface area (Å²) in [7, 11) is 0. The maximum Gasteiger partial charge on any atom is 0.376 e. The van der Waals surface area contributed by atoms with E-state index in [0.29, 0.717) is 0 Å². The van der Waals surface area contributed by atoms with Crippen LogP contribution >= 0.6 is 0 Å². The molecule has 0 aliphatic carbocycles. The normalized spacial score (nSPS) is 11.1. The van der Waals surface area contributed by atoms with E-state index in [1.807, 2.05) is 0 Å². The molecule has 0 aliphatic rings. The van der Waals surface area contributed by atoms with Crippen LogP contribution in [-0.4, -0.2) is 94.5 Å². The molecule has 5 N–H and O–H groups in total. The maximum absolute atomic E-state index is 11.2. The van der Waals surface area contributed by atoms with Crippen molar-refractivity contribution >= 4 is 23.9 Å². The van der Waals surface area contributed by atoms with Crippen LogP contribution in [0.25, 0.3) is 0 Å². The van der Waals surface area contributed by atoms with Crippen LogP contribution in [-0.2, 0) is 18.9 Å². The Kier molecular flexibility index (Phi) is 22.5. The number of esters is 4. The second kappa shape index (κ2) is 22.1. The first kappa shape index (κ1) is 40.7. The third kappa shape index (κ3) is 17.7. The molecule has 15 nitrogen and oxygen atoms in total. The predicted molar refractivity (Wildman–Crippen MR) is 137 cm³/mol. The molecule has 0 saturated heterocycles. The number of aliphatic hydroxyl groups excluding tert-OH is 5. The van der Waals surface area contributed by atoms with Crippen molar-refractivity contribution in [2.45, 2.75) is 61.2 Å². The molecule has 0 radical (unpaired) electrons. The molecular weight excluding hydrogens is 540 g/mol. The Morgan fingerprint density at radius 3 is 1.10 bits per heavy atom. The van der Waals surface area contributed by atoms with E-state index >= 15 is 0 Å². The van der Waals surface area contributed by atoms with Gasteiger partial charge in [-0.15, -0.1) is 0 Å². The van der Waals surface area contributed by atoms with Crippen molar-refractivity contribution in [3.8, 4) is 0 Å². The molecule has 0 saturated carbocycles. The first-order valence-electron chi connectivity index (χ1n) is 11.0. The Morgan fingerprint density at radius 2 is 0.875 bits per heavy atom. The highest BCUT2D eigenvalue weighted by molar-refractivity contribution is 5.91. The van der Waals surface area contributed by atoms with E-state index in [1.165, 1.54) is 38.1 Å². The molecule has 230 valence electrons. The smallest absolute Gasteiger partial charge is 0.376 e. The molecule has 0 fully saturated rings. The Hall–Kier alpha value is -3.76. The van der Waals surface area contributed by atoms with Crippen LogP contribution in [0.1, 0.15) is 84.8 Å². The molecule has 0 amide bonds. The number of aliphatic hydroxyl groups is 5. The summed E-state index contributed by atoms with van der Waals surface area (Å²) in [6.45, 7) is 5.04. The van der Waals surface area contributed by atoms with Crippen molar-refractivity contribution in [1.29, 1.82) is 0 Å². The molecule has 2 aromatic rings. The Labute approximate surface area is 231 Å². The van der Waals surface area contributed by atoms with E-state index in [-0.39, 0.29) is 70.4 Å². The monoisotopic (exact) mass is 580 g/mol. The van der Waals surface area contributed by atoms with E-state index in [4.69, 9.17) is 34.4 Å². The number of furan rings is 2. The number of hydrogen-bond donors (Lipinski definition) is 5. The van der Waals surface area contributed by atoms with Crippen LogP contribution in [0, 0.1) is 0 Å². The minimum atomic E-state index is -1.27. The van der Waals surface area contributed by atoms with Gasteiger partial charge in [-0.1, -0.05) is 14.9 Å². The van der Waals surface area contributed by atoms with Crippen molar-refractivity contribution in [2.24, 2.45) is 0 Å². The average Bonchev–Trinajstić information content (AvgIpc) is 3.51. The van der Waals surface area contributed by atoms with Gasteiger partial charge in [0.2, 0.25) is 23.0 Å². The molecule has 0 aromatic carbocycles. The number of ether oxygens (including phenoxy) is 4. The van der Waals surface area contributed by atoms with Crippen molar-refractivity contribution in [3.63, 3.8) is 0 Å². The predicted octanol–water partition coefficient (Wildman–Crippen LogP) is 1.51. The van der Waals surface area contributed by atoms with Crippen LogP contribution in [0.4, 0.5) is 0 Å². The van der Waals surface area contributed by atoms with Gasteiger partial charge >= 0.3 is 23.9 Å². The fourth-order valence-corrected chi connectivity index (χ4v) is 1.96. The summed E-state index contributed by atoms with van der Waals surface area (Å²) in [5, 5.41) is 42.6. The molecule has 0 spiro atoms. The zero-order valence-electron chi connectivity index (χ0n) is 21.2. The number of hydrogen-bond acceptors (Lipinski definition) is 15. The number of rotatable bonds is 10. The first-order chi connectivity index (χ1) is 17.8. The molecule has 2 aromatic heterocycles. The summed E-state index contributed by atoms with van der Waals surface area (Å²) in [5.41, 5.74) is 0. The third-order valence-corrected chi connectivity index (χ3v) is 3.22. The summed E-state index contributed by atoms with van der Waals surface area (Å²) in [6.07, 6.45) is -2.70. The van der Waals surface area contributed by atoms with Gasteiger partial charge in [-0.25, -0.2) is 19.2 Å². The molecule has 2 atom stereocenters. The highest BCUT2D eigenvalue weighted by Crippen LogP contribution is 2.12. The summed E-state index contributed by atoms with van der Waals surface area (Å²) in [4.78, 5) is 44.9. The van der Waals surface area contributed by atoms with Gasteiger partial charge in [-0.05, 0) is 52.0 Å². The van der Waals surface area contributed by atoms with E-state index < -0.39 is 36.5 Å². The zero-order chi connectivity index (χ0) is 29.3. The lowest BCUT2D eigenvalue weighted by Gasteiger charge is -2.04. The summed E-state index contributed by atoms with van der Waals surface area (Å²) >= 11 is 0. The zero-order valence-corrected chi connectivity index (χ0v) is 21.2. The second-order valence-electron chi connectivity index (χ2n) is 7.15. The lowest BCUT2D eigenvalue weighted by molar-refractivity contribution is -0.0555. The van der Waals surface area contributed by atoms with Gasteiger partial charge in [0.1, 0.15) is 13.2 Å². The van der Waals surface area contributed by atoms with Crippen LogP contribution in [0.5, 0.6) is 0 Å². The van der Waals surface area contributed by atoms with Crippen LogP contribution in [0.2, 0.25) is 0 Å². The topological polar surface area (TPSA) is 233 Å². The number of carbonyl (C=O) groups is 4. The highest BCUT2D eigenvalue weighted by Gasteiger charge is 2.20. The van der Waals surface area contributed by atoms with Crippen molar-refractivity contribution in [1.82, 2.24) is 0 Å². The molecule has 2 unspecified atom stereocenters. The molecule has 2 heterocycles. The van der Waals surface area contributed by atoms with Crippen molar-refractivity contribution in [2.75, 3.05) is 26.4 Å². The SMILES string of the molecule is C.C.CC(C)O.CC(O)OC(=O)c1ccc(C(=O)OCCO)o1.CC(O)OC(=O)c1ccc(C(=O)OCCO)o1. The van der Waals surface area contributed by atoms with Gasteiger partial charge in [0.25, 0.3) is 0 Å². The minimum absolute atomic E-state index is 0. The summed E-state index contributed by atoms with van der Waals surface area (Å²) in [6, 6.07) is 4.91. The standard InChI is InChI=1S/2C10H12O7.C3H8O.2CH4/c2*1-6(12)16-10(14)8-3-2-7(17-8)9(13)15-5-4-11;1-3(2)4;;/h2*2-3,6,11-12H,4-5H2,1H3;3-4H,1-2H3;2*1H4. The van der Waals surface area contributed by atoms with Crippen LogP contribution in [0.3, 0.4) is 0 Å². The Morgan fingerprint density at radius 1 is 0.625 bits per heavy atom. The lowest BCUT2D eigenvalue weighted by Crippen LogP contribution is -2.13. The Balaban J connectivity index is -0.000000578. The van der Waals surface area contributed by atoms with Gasteiger partial charge in [-0.3, -0.25) is 0 Å². The van der Waals surface area contributed by atoms with Gasteiger partial charge in [0.15, 0.2) is 12.6 Å². The largest absolute Gasteiger partial charge is 0.457 e. The van der Waals surface area contributed by atoms with Crippen molar-refractivity contribution < 1.29 is 72.5 Å². The molecule has 40 heavy (non-hydrogen) atoms. The van der Waals surface area contributed by atoms with Crippen molar-refractivity contribution in [3.05, 3.63) is 47.3 Å². The second-order valence-corrected chi connectivity index (χ2v) is 7.15. The van der Waals surface area contributed by atoms with E-state index in [9.17, 15) is 19.2 Å². The number of carbonyl (C=O) groups excluding carboxylic acids is 4. The van der Waals surface area contributed by atoms with Gasteiger partial charge < -0.3 is 53.3 Å². The third-order valence-electron chi connectivity index (χ3n) is 3.22. The molecule has 0 bridgehead atoms.